The average molecular weight is 448 g/mol. The van der Waals surface area contributed by atoms with Crippen LogP contribution in [0, 0.1) is 0 Å². The van der Waals surface area contributed by atoms with Gasteiger partial charge in [-0.2, -0.15) is 0 Å². The highest BCUT2D eigenvalue weighted by atomic mass is 16.2. The molecular formula is C27H37N5O. The van der Waals surface area contributed by atoms with Crippen molar-refractivity contribution in [1.29, 1.82) is 0 Å². The number of anilines is 1. The lowest BCUT2D eigenvalue weighted by Gasteiger charge is -2.43. The van der Waals surface area contributed by atoms with E-state index in [9.17, 15) is 4.79 Å². The predicted molar refractivity (Wildman–Crippen MR) is 132 cm³/mol. The van der Waals surface area contributed by atoms with Gasteiger partial charge in [-0.05, 0) is 55.4 Å². The maximum Gasteiger partial charge on any atom is 0.253 e. The van der Waals surface area contributed by atoms with Crippen LogP contribution in [-0.2, 0) is 19.3 Å². The summed E-state index contributed by atoms with van der Waals surface area (Å²) in [7, 11) is 0. The number of carbonyl (C=O) groups is 1. The highest BCUT2D eigenvalue weighted by Crippen LogP contribution is 2.26. The molecule has 1 aliphatic carbocycles. The van der Waals surface area contributed by atoms with Gasteiger partial charge in [0, 0.05) is 63.5 Å². The van der Waals surface area contributed by atoms with Crippen LogP contribution < -0.4 is 4.90 Å². The number of hydrogen-bond donors (Lipinski definition) is 0. The van der Waals surface area contributed by atoms with Crippen LogP contribution in [0.3, 0.4) is 0 Å². The third-order valence-electron chi connectivity index (χ3n) is 7.71. The summed E-state index contributed by atoms with van der Waals surface area (Å²) in [5.41, 5.74) is 4.41. The van der Waals surface area contributed by atoms with Gasteiger partial charge in [0.15, 0.2) is 0 Å². The van der Waals surface area contributed by atoms with E-state index in [0.717, 1.165) is 81.8 Å². The van der Waals surface area contributed by atoms with E-state index >= 15 is 0 Å². The maximum absolute atomic E-state index is 13.1. The molecule has 3 aliphatic rings. The first kappa shape index (κ1) is 22.3. The van der Waals surface area contributed by atoms with Gasteiger partial charge in [-0.25, -0.2) is 9.97 Å². The van der Waals surface area contributed by atoms with Crippen molar-refractivity contribution in [3.05, 3.63) is 52.8 Å². The van der Waals surface area contributed by atoms with Gasteiger partial charge in [0.05, 0.1) is 5.69 Å². The Morgan fingerprint density at radius 2 is 1.76 bits per heavy atom. The molecule has 6 nitrogen and oxygen atoms in total. The Labute approximate surface area is 198 Å². The molecule has 5 rings (SSSR count). The molecule has 0 atom stereocenters. The first-order valence-electron chi connectivity index (χ1n) is 12.9. The van der Waals surface area contributed by atoms with Crippen molar-refractivity contribution in [1.82, 2.24) is 19.8 Å². The lowest BCUT2D eigenvalue weighted by atomic mass is 9.91. The third kappa shape index (κ3) is 5.06. The molecule has 0 radical (unpaired) electrons. The van der Waals surface area contributed by atoms with E-state index in [1.54, 1.807) is 0 Å². The van der Waals surface area contributed by atoms with E-state index in [2.05, 4.69) is 28.9 Å². The molecule has 33 heavy (non-hydrogen) atoms. The summed E-state index contributed by atoms with van der Waals surface area (Å²) in [5, 5.41) is 0. The average Bonchev–Trinajstić information content (AvgIpc) is 3.04. The molecule has 176 valence electrons. The normalized spacial score (nSPS) is 19.7. The highest BCUT2D eigenvalue weighted by molar-refractivity contribution is 5.94. The first-order valence-corrected chi connectivity index (χ1v) is 12.9. The zero-order valence-electron chi connectivity index (χ0n) is 20.0. The van der Waals surface area contributed by atoms with E-state index in [1.165, 1.54) is 43.2 Å². The second-order valence-electron chi connectivity index (χ2n) is 9.84. The van der Waals surface area contributed by atoms with E-state index in [1.807, 2.05) is 23.2 Å². The SMILES string of the molecule is CCCCc1ccc(C(=O)N2CCc3cnc(N4CCN(C5CCC5)CC4)nc3CC2)cc1. The van der Waals surface area contributed by atoms with Crippen molar-refractivity contribution >= 4 is 11.9 Å². The van der Waals surface area contributed by atoms with Gasteiger partial charge in [0.25, 0.3) is 5.91 Å². The molecule has 0 bridgehead atoms. The van der Waals surface area contributed by atoms with Gasteiger partial charge in [-0.1, -0.05) is 31.9 Å². The zero-order valence-corrected chi connectivity index (χ0v) is 20.0. The fourth-order valence-electron chi connectivity index (χ4n) is 5.24. The van der Waals surface area contributed by atoms with Gasteiger partial charge in [-0.3, -0.25) is 9.69 Å². The number of unbranched alkanes of at least 4 members (excludes halogenated alkanes) is 1. The molecule has 2 fully saturated rings. The molecule has 1 amide bonds. The summed E-state index contributed by atoms with van der Waals surface area (Å²) in [6.07, 6.45) is 11.2. The zero-order chi connectivity index (χ0) is 22.6. The van der Waals surface area contributed by atoms with Crippen molar-refractivity contribution in [2.75, 3.05) is 44.2 Å². The summed E-state index contributed by atoms with van der Waals surface area (Å²) >= 11 is 0. The number of aryl methyl sites for hydroxylation is 1. The van der Waals surface area contributed by atoms with Crippen molar-refractivity contribution < 1.29 is 4.79 Å². The van der Waals surface area contributed by atoms with Gasteiger partial charge in [0.2, 0.25) is 5.95 Å². The second kappa shape index (κ2) is 10.2. The van der Waals surface area contributed by atoms with Gasteiger partial charge >= 0.3 is 0 Å². The molecule has 1 aromatic heterocycles. The molecule has 2 aliphatic heterocycles. The summed E-state index contributed by atoms with van der Waals surface area (Å²) in [6.45, 7) is 7.90. The van der Waals surface area contributed by atoms with Crippen LogP contribution in [0.4, 0.5) is 5.95 Å². The summed E-state index contributed by atoms with van der Waals surface area (Å²) < 4.78 is 0. The largest absolute Gasteiger partial charge is 0.338 e. The number of benzene rings is 1. The van der Waals surface area contributed by atoms with Crippen LogP contribution >= 0.6 is 0 Å². The molecule has 0 spiro atoms. The predicted octanol–water partition coefficient (Wildman–Crippen LogP) is 3.73. The van der Waals surface area contributed by atoms with Crippen molar-refractivity contribution in [2.24, 2.45) is 0 Å². The summed E-state index contributed by atoms with van der Waals surface area (Å²) in [6, 6.07) is 9.02. The van der Waals surface area contributed by atoms with Gasteiger partial charge < -0.3 is 9.80 Å². The molecule has 0 unspecified atom stereocenters. The highest BCUT2D eigenvalue weighted by Gasteiger charge is 2.29. The maximum atomic E-state index is 13.1. The van der Waals surface area contributed by atoms with E-state index in [-0.39, 0.29) is 5.91 Å². The van der Waals surface area contributed by atoms with Crippen LogP contribution in [0.25, 0.3) is 0 Å². The number of fused-ring (bicyclic) bond motifs is 1. The molecule has 0 N–H and O–H groups in total. The van der Waals surface area contributed by atoms with Crippen molar-refractivity contribution in [3.63, 3.8) is 0 Å². The standard InChI is InChI=1S/C27H37N5O/c1-2-3-5-21-8-10-22(11-9-21)26(33)31-14-12-23-20-28-27(29-25(23)13-15-31)32-18-16-30(17-19-32)24-6-4-7-24/h8-11,20,24H,2-7,12-19H2,1H3. The molecular weight excluding hydrogens is 410 g/mol. The van der Waals surface area contributed by atoms with Crippen LogP contribution in [0.15, 0.2) is 30.5 Å². The lowest BCUT2D eigenvalue weighted by Crippen LogP contribution is -2.52. The number of nitrogens with zero attached hydrogens (tertiary/aromatic N) is 5. The minimum atomic E-state index is 0.130. The Hall–Kier alpha value is -2.47. The topological polar surface area (TPSA) is 52.6 Å². The summed E-state index contributed by atoms with van der Waals surface area (Å²) in [5.74, 6) is 0.995. The van der Waals surface area contributed by atoms with Crippen LogP contribution in [-0.4, -0.2) is 71.0 Å². The van der Waals surface area contributed by atoms with E-state index in [0.29, 0.717) is 0 Å². The monoisotopic (exact) mass is 447 g/mol. The number of piperazine rings is 1. The summed E-state index contributed by atoms with van der Waals surface area (Å²) in [4.78, 5) is 29.8. The number of carbonyl (C=O) groups excluding carboxylic acids is 1. The third-order valence-corrected chi connectivity index (χ3v) is 7.71. The number of hydrogen-bond acceptors (Lipinski definition) is 5. The fraction of sp³-hybridized carbons (Fsp3) is 0.593. The van der Waals surface area contributed by atoms with Crippen molar-refractivity contribution in [2.45, 2.75) is 64.3 Å². The van der Waals surface area contributed by atoms with E-state index < -0.39 is 0 Å². The number of amides is 1. The quantitative estimate of drug-likeness (QED) is 0.675. The first-order chi connectivity index (χ1) is 16.2. The smallest absolute Gasteiger partial charge is 0.253 e. The van der Waals surface area contributed by atoms with E-state index in [4.69, 9.17) is 9.97 Å². The Balaban J connectivity index is 1.19. The Bertz CT molecular complexity index is 947. The lowest BCUT2D eigenvalue weighted by molar-refractivity contribution is 0.0763. The number of rotatable bonds is 6. The second-order valence-corrected chi connectivity index (χ2v) is 9.84. The molecule has 6 heteroatoms. The minimum Gasteiger partial charge on any atom is -0.338 e. The minimum absolute atomic E-state index is 0.130. The van der Waals surface area contributed by atoms with Crippen LogP contribution in [0.1, 0.15) is 66.2 Å². The molecule has 1 saturated carbocycles. The molecule has 3 heterocycles. The van der Waals surface area contributed by atoms with Crippen molar-refractivity contribution in [3.8, 4) is 0 Å². The van der Waals surface area contributed by atoms with Crippen LogP contribution in [0.5, 0.6) is 0 Å². The fourth-order valence-corrected chi connectivity index (χ4v) is 5.24. The Morgan fingerprint density at radius 1 is 1.00 bits per heavy atom. The van der Waals surface area contributed by atoms with Crippen LogP contribution in [0.2, 0.25) is 0 Å². The Kier molecular flexibility index (Phi) is 6.91. The molecule has 1 aromatic carbocycles. The number of aromatic nitrogens is 2. The van der Waals surface area contributed by atoms with Gasteiger partial charge in [-0.15, -0.1) is 0 Å². The molecule has 2 aromatic rings. The van der Waals surface area contributed by atoms with Gasteiger partial charge in [0.1, 0.15) is 0 Å². The Morgan fingerprint density at radius 3 is 2.45 bits per heavy atom. The molecule has 1 saturated heterocycles.